The minimum absolute atomic E-state index is 0.237. The molecule has 5 nitrogen and oxygen atoms in total. The number of likely N-dealkylation sites (N-methyl/N-ethyl adjacent to an activating group) is 1. The molecule has 0 amide bonds. The van der Waals surface area contributed by atoms with Gasteiger partial charge in [0.15, 0.2) is 0 Å². The van der Waals surface area contributed by atoms with E-state index in [2.05, 4.69) is 4.90 Å². The number of aliphatic hydroxyl groups excluding tert-OH is 2. The van der Waals surface area contributed by atoms with E-state index in [1.54, 1.807) is 0 Å². The zero-order valence-electron chi connectivity index (χ0n) is 13.7. The van der Waals surface area contributed by atoms with Crippen LogP contribution in [0, 0.1) is 0 Å². The lowest BCUT2D eigenvalue weighted by atomic mass is 9.99. The smallest absolute Gasteiger partial charge is 0.0798 e. The van der Waals surface area contributed by atoms with E-state index in [1.807, 2.05) is 34.7 Å². The summed E-state index contributed by atoms with van der Waals surface area (Å²) in [7, 11) is 2.00. The van der Waals surface area contributed by atoms with Crippen molar-refractivity contribution in [2.75, 3.05) is 33.4 Å². The predicted octanol–water partition coefficient (Wildman–Crippen LogP) is 1.01. The van der Waals surface area contributed by atoms with Crippen molar-refractivity contribution in [2.45, 2.75) is 64.3 Å². The quantitative estimate of drug-likeness (QED) is 0.530. The van der Waals surface area contributed by atoms with Gasteiger partial charge in [0.2, 0.25) is 0 Å². The molecule has 5 heteroatoms. The molecule has 0 aromatic carbocycles. The molecule has 3 N–H and O–H groups in total. The molecule has 122 valence electrons. The van der Waals surface area contributed by atoms with Gasteiger partial charge in [-0.1, -0.05) is 6.92 Å². The van der Waals surface area contributed by atoms with Gasteiger partial charge in [0.1, 0.15) is 0 Å². The van der Waals surface area contributed by atoms with Crippen LogP contribution in [0.15, 0.2) is 0 Å². The highest BCUT2D eigenvalue weighted by Crippen LogP contribution is 2.17. The van der Waals surface area contributed by atoms with E-state index in [9.17, 15) is 10.2 Å². The number of nitrogens with zero attached hydrogens (tertiary/aromatic N) is 1. The van der Waals surface area contributed by atoms with Gasteiger partial charge >= 0.3 is 0 Å². The molecule has 0 saturated carbocycles. The molecule has 0 aromatic heterocycles. The number of aliphatic hydroxyl groups is 3. The van der Waals surface area contributed by atoms with Crippen molar-refractivity contribution in [3.05, 3.63) is 0 Å². The van der Waals surface area contributed by atoms with Gasteiger partial charge in [-0.3, -0.25) is 0 Å². The zero-order valence-corrected chi connectivity index (χ0v) is 13.7. The second-order valence-corrected chi connectivity index (χ2v) is 6.55. The summed E-state index contributed by atoms with van der Waals surface area (Å²) < 4.78 is 5.76. The van der Waals surface area contributed by atoms with Crippen molar-refractivity contribution < 1.29 is 20.1 Å². The maximum absolute atomic E-state index is 9.94. The fraction of sp³-hybridized carbons (Fsp3) is 1.00. The van der Waals surface area contributed by atoms with E-state index >= 15 is 0 Å². The molecule has 0 saturated heterocycles. The standard InChI is InChI=1S/C15H33NO4/c1-6-15(4,19)7-8-16(5)9-10-20-14(2,3)11-13(18)12-17/h13,17-19H,6-12H2,1-5H3. The molecule has 2 atom stereocenters. The van der Waals surface area contributed by atoms with Crippen LogP contribution in [-0.2, 0) is 4.74 Å². The lowest BCUT2D eigenvalue weighted by Gasteiger charge is -2.29. The van der Waals surface area contributed by atoms with Crippen LogP contribution in [-0.4, -0.2) is 70.9 Å². The van der Waals surface area contributed by atoms with Crippen molar-refractivity contribution in [1.82, 2.24) is 4.90 Å². The highest BCUT2D eigenvalue weighted by molar-refractivity contribution is 4.74. The second-order valence-electron chi connectivity index (χ2n) is 6.55. The van der Waals surface area contributed by atoms with Crippen molar-refractivity contribution in [3.8, 4) is 0 Å². The van der Waals surface area contributed by atoms with E-state index in [-0.39, 0.29) is 6.61 Å². The topological polar surface area (TPSA) is 73.2 Å². The Bertz CT molecular complexity index is 256. The summed E-state index contributed by atoms with van der Waals surface area (Å²) in [5.41, 5.74) is -1.04. The first kappa shape index (κ1) is 19.8. The molecule has 0 bridgehead atoms. The van der Waals surface area contributed by atoms with E-state index in [4.69, 9.17) is 9.84 Å². The Kier molecular flexibility index (Phi) is 8.86. The maximum Gasteiger partial charge on any atom is 0.0798 e. The van der Waals surface area contributed by atoms with Crippen LogP contribution < -0.4 is 0 Å². The first-order valence-electron chi connectivity index (χ1n) is 7.45. The number of rotatable bonds is 11. The Morgan fingerprint density at radius 3 is 2.30 bits per heavy atom. The van der Waals surface area contributed by atoms with Crippen LogP contribution in [0.5, 0.6) is 0 Å². The van der Waals surface area contributed by atoms with Crippen LogP contribution in [0.1, 0.15) is 47.0 Å². The van der Waals surface area contributed by atoms with Gasteiger partial charge in [-0.05, 0) is 40.7 Å². The highest BCUT2D eigenvalue weighted by Gasteiger charge is 2.23. The van der Waals surface area contributed by atoms with Gasteiger partial charge in [-0.15, -0.1) is 0 Å². The van der Waals surface area contributed by atoms with Crippen LogP contribution in [0.3, 0.4) is 0 Å². The van der Waals surface area contributed by atoms with Crippen LogP contribution in [0.25, 0.3) is 0 Å². The van der Waals surface area contributed by atoms with Crippen LogP contribution >= 0.6 is 0 Å². The third-order valence-corrected chi connectivity index (χ3v) is 3.70. The normalized spacial score (nSPS) is 17.2. The lowest BCUT2D eigenvalue weighted by Crippen LogP contribution is -2.36. The van der Waals surface area contributed by atoms with Crippen molar-refractivity contribution >= 4 is 0 Å². The van der Waals surface area contributed by atoms with Crippen molar-refractivity contribution in [1.29, 1.82) is 0 Å². The second kappa shape index (κ2) is 8.95. The molecule has 0 aliphatic rings. The summed E-state index contributed by atoms with van der Waals surface area (Å²) in [5.74, 6) is 0. The monoisotopic (exact) mass is 291 g/mol. The number of ether oxygens (including phenoxy) is 1. The van der Waals surface area contributed by atoms with E-state index in [0.29, 0.717) is 13.0 Å². The Morgan fingerprint density at radius 2 is 1.80 bits per heavy atom. The molecule has 0 aliphatic carbocycles. The maximum atomic E-state index is 9.94. The van der Waals surface area contributed by atoms with Gasteiger partial charge < -0.3 is 25.0 Å². The molecule has 0 rings (SSSR count). The van der Waals surface area contributed by atoms with Crippen molar-refractivity contribution in [2.24, 2.45) is 0 Å². The van der Waals surface area contributed by atoms with Gasteiger partial charge in [-0.25, -0.2) is 0 Å². The molecule has 0 radical (unpaired) electrons. The molecule has 0 fully saturated rings. The summed E-state index contributed by atoms with van der Waals surface area (Å²) in [5, 5.41) is 28.2. The van der Waals surface area contributed by atoms with Gasteiger partial charge in [0.05, 0.1) is 30.5 Å². The SMILES string of the molecule is CCC(C)(O)CCN(C)CCOC(C)(C)CC(O)CO. The molecule has 2 unspecified atom stereocenters. The lowest BCUT2D eigenvalue weighted by molar-refractivity contribution is -0.0628. The summed E-state index contributed by atoms with van der Waals surface area (Å²) in [6.07, 6.45) is 1.18. The first-order chi connectivity index (χ1) is 9.12. The summed E-state index contributed by atoms with van der Waals surface area (Å²) in [4.78, 5) is 2.13. The highest BCUT2D eigenvalue weighted by atomic mass is 16.5. The molecule has 0 heterocycles. The fourth-order valence-electron chi connectivity index (χ4n) is 1.89. The van der Waals surface area contributed by atoms with Gasteiger partial charge in [0, 0.05) is 19.5 Å². The summed E-state index contributed by atoms with van der Waals surface area (Å²) in [6, 6.07) is 0. The first-order valence-corrected chi connectivity index (χ1v) is 7.45. The third-order valence-electron chi connectivity index (χ3n) is 3.70. The molecule has 0 aromatic rings. The number of hydrogen-bond acceptors (Lipinski definition) is 5. The molecule has 0 aliphatic heterocycles. The summed E-state index contributed by atoms with van der Waals surface area (Å²) in [6.45, 7) is 9.59. The van der Waals surface area contributed by atoms with Gasteiger partial charge in [0.25, 0.3) is 0 Å². The average Bonchev–Trinajstić information content (AvgIpc) is 2.35. The van der Waals surface area contributed by atoms with E-state index in [1.165, 1.54) is 0 Å². The Labute approximate surface area is 123 Å². The molecule has 20 heavy (non-hydrogen) atoms. The van der Waals surface area contributed by atoms with Crippen LogP contribution in [0.4, 0.5) is 0 Å². The minimum Gasteiger partial charge on any atom is -0.394 e. The zero-order chi connectivity index (χ0) is 15.8. The Balaban J connectivity index is 3.88. The minimum atomic E-state index is -0.734. The van der Waals surface area contributed by atoms with E-state index in [0.717, 1.165) is 25.9 Å². The molecular weight excluding hydrogens is 258 g/mol. The third kappa shape index (κ3) is 9.66. The Hall–Kier alpha value is -0.200. The van der Waals surface area contributed by atoms with Gasteiger partial charge in [-0.2, -0.15) is 0 Å². The fourth-order valence-corrected chi connectivity index (χ4v) is 1.89. The molecular formula is C15H33NO4. The Morgan fingerprint density at radius 1 is 1.20 bits per heavy atom. The predicted molar refractivity (Wildman–Crippen MR) is 80.8 cm³/mol. The largest absolute Gasteiger partial charge is 0.394 e. The van der Waals surface area contributed by atoms with Crippen LogP contribution in [0.2, 0.25) is 0 Å². The molecule has 0 spiro atoms. The average molecular weight is 291 g/mol. The van der Waals surface area contributed by atoms with E-state index < -0.39 is 17.3 Å². The van der Waals surface area contributed by atoms with Crippen molar-refractivity contribution in [3.63, 3.8) is 0 Å². The summed E-state index contributed by atoms with van der Waals surface area (Å²) >= 11 is 0. The number of hydrogen-bond donors (Lipinski definition) is 3.